The van der Waals surface area contributed by atoms with E-state index in [0.29, 0.717) is 53.0 Å². The average Bonchev–Trinajstić information content (AvgIpc) is 3.63. The monoisotopic (exact) mass is 542 g/mol. The van der Waals surface area contributed by atoms with Crippen LogP contribution in [0.5, 0.6) is 0 Å². The Kier molecular flexibility index (Phi) is 6.27. The Morgan fingerprint density at radius 3 is 2.55 bits per heavy atom. The van der Waals surface area contributed by atoms with Crippen LogP contribution in [0.2, 0.25) is 0 Å². The number of fused-ring (bicyclic) bond motifs is 6. The molecule has 0 bridgehead atoms. The van der Waals surface area contributed by atoms with Crippen LogP contribution < -0.4 is 15.6 Å². The van der Waals surface area contributed by atoms with Gasteiger partial charge in [0.1, 0.15) is 11.2 Å². The molecule has 3 fully saturated rings. The van der Waals surface area contributed by atoms with Gasteiger partial charge >= 0.3 is 0 Å². The van der Waals surface area contributed by atoms with Gasteiger partial charge in [0.15, 0.2) is 5.65 Å². The number of piperidine rings is 1. The van der Waals surface area contributed by atoms with Gasteiger partial charge in [0.05, 0.1) is 16.4 Å². The molecule has 0 aliphatic carbocycles. The molecule has 0 saturated carbocycles. The third-order valence-corrected chi connectivity index (χ3v) is 9.41. The maximum Gasteiger partial charge on any atom is 0.259 e. The van der Waals surface area contributed by atoms with Crippen molar-refractivity contribution < 1.29 is 4.79 Å². The van der Waals surface area contributed by atoms with Gasteiger partial charge in [0, 0.05) is 45.0 Å². The highest BCUT2D eigenvalue weighted by atomic mass is 16.2. The number of rotatable bonds is 5. The number of aromatic amines is 1. The van der Waals surface area contributed by atoms with Crippen molar-refractivity contribution in [2.45, 2.75) is 32.7 Å². The largest absolute Gasteiger partial charge is 0.352 e. The number of anilines is 1. The molecule has 3 aromatic heterocycles. The summed E-state index contributed by atoms with van der Waals surface area (Å²) in [5, 5.41) is 3.45. The van der Waals surface area contributed by atoms with Crippen LogP contribution in [0, 0.1) is 17.8 Å². The lowest BCUT2D eigenvalue weighted by Gasteiger charge is -2.34. The predicted molar refractivity (Wildman–Crippen MR) is 157 cm³/mol. The van der Waals surface area contributed by atoms with Crippen molar-refractivity contribution >= 4 is 39.6 Å². The second kappa shape index (κ2) is 9.85. The number of amides is 1. The predicted octanol–water partition coefficient (Wildman–Crippen LogP) is 2.57. The number of hydrogen-bond acceptors (Lipinski definition) is 7. The highest BCUT2D eigenvalue weighted by molar-refractivity contribution is 6.05. The molecular formula is C30H38N8O2. The number of para-hydroxylation sites is 2. The van der Waals surface area contributed by atoms with E-state index in [-0.39, 0.29) is 16.9 Å². The number of nitrogens with zero attached hydrogens (tertiary/aromatic N) is 6. The summed E-state index contributed by atoms with van der Waals surface area (Å²) in [7, 11) is 2.18. The van der Waals surface area contributed by atoms with Crippen molar-refractivity contribution in [3.63, 3.8) is 0 Å². The number of nitrogens with one attached hydrogen (secondary N) is 2. The van der Waals surface area contributed by atoms with Crippen LogP contribution in [0.3, 0.4) is 0 Å². The lowest BCUT2D eigenvalue weighted by Crippen LogP contribution is -2.42. The standard InChI is InChI=1S/C30H38N8O2/c1-18(2)36-10-8-19(9-11-36)12-31-29(40)25-26(39)22-13-32-30(37-16-20-14-35(3)15-21(20)17-37)34-27(22)38-24-7-5-4-6-23(24)33-28(25)38/h4-7,13,18-21,33H,8-12,14-17H2,1-3H3,(H,31,40)/t20-,21+. The van der Waals surface area contributed by atoms with E-state index in [2.05, 4.69) is 50.9 Å². The van der Waals surface area contributed by atoms with Gasteiger partial charge in [-0.05, 0) is 76.7 Å². The second-order valence-electron chi connectivity index (χ2n) is 12.4. The van der Waals surface area contributed by atoms with E-state index in [1.165, 1.54) is 0 Å². The highest BCUT2D eigenvalue weighted by Gasteiger charge is 2.39. The van der Waals surface area contributed by atoms with E-state index in [4.69, 9.17) is 4.98 Å². The molecule has 0 radical (unpaired) electrons. The van der Waals surface area contributed by atoms with Crippen molar-refractivity contribution in [1.82, 2.24) is 34.5 Å². The number of likely N-dealkylation sites (tertiary alicyclic amines) is 2. The Balaban J connectivity index is 1.24. The molecule has 10 nitrogen and oxygen atoms in total. The summed E-state index contributed by atoms with van der Waals surface area (Å²) < 4.78 is 1.93. The first-order valence-corrected chi connectivity index (χ1v) is 14.6. The first-order chi connectivity index (χ1) is 19.4. The van der Waals surface area contributed by atoms with Crippen molar-refractivity contribution in [1.29, 1.82) is 0 Å². The minimum atomic E-state index is -0.345. The molecule has 3 saturated heterocycles. The number of carbonyl (C=O) groups is 1. The summed E-state index contributed by atoms with van der Waals surface area (Å²) in [6.45, 7) is 11.1. The maximum atomic E-state index is 13.9. The van der Waals surface area contributed by atoms with Crippen molar-refractivity contribution in [3.8, 4) is 0 Å². The Bertz CT molecular complexity index is 1640. The Morgan fingerprint density at radius 1 is 1.10 bits per heavy atom. The molecule has 0 spiro atoms. The Morgan fingerprint density at radius 2 is 1.82 bits per heavy atom. The molecular weight excluding hydrogens is 504 g/mol. The summed E-state index contributed by atoms with van der Waals surface area (Å²) in [6.07, 6.45) is 3.71. The van der Waals surface area contributed by atoms with Gasteiger partial charge in [-0.1, -0.05) is 12.1 Å². The number of aromatic nitrogens is 4. The topological polar surface area (TPSA) is 102 Å². The van der Waals surface area contributed by atoms with Gasteiger partial charge in [0.2, 0.25) is 11.4 Å². The van der Waals surface area contributed by atoms with Crippen molar-refractivity contribution in [2.24, 2.45) is 17.8 Å². The van der Waals surface area contributed by atoms with Crippen LogP contribution in [0.1, 0.15) is 37.0 Å². The normalized spacial score (nSPS) is 22.8. The van der Waals surface area contributed by atoms with Gasteiger partial charge in [-0.2, -0.15) is 4.98 Å². The van der Waals surface area contributed by atoms with Crippen LogP contribution in [0.15, 0.2) is 35.3 Å². The number of hydrogen-bond donors (Lipinski definition) is 2. The van der Waals surface area contributed by atoms with Gasteiger partial charge in [-0.3, -0.25) is 14.0 Å². The SMILES string of the molecule is CC(C)N1CCC(CNC(=O)c2c(=O)c3cnc(N4C[C@H]5CN(C)C[C@H]5C4)nc3n3c2[nH]c2ccccc23)CC1. The summed E-state index contributed by atoms with van der Waals surface area (Å²) in [6, 6.07) is 8.40. The third-order valence-electron chi connectivity index (χ3n) is 9.41. The van der Waals surface area contributed by atoms with E-state index >= 15 is 0 Å². The smallest absolute Gasteiger partial charge is 0.259 e. The molecule has 10 heteroatoms. The van der Waals surface area contributed by atoms with E-state index in [1.54, 1.807) is 6.20 Å². The Hall–Kier alpha value is -3.50. The highest BCUT2D eigenvalue weighted by Crippen LogP contribution is 2.32. The maximum absolute atomic E-state index is 13.9. The fourth-order valence-corrected chi connectivity index (χ4v) is 7.16. The number of benzene rings is 1. The molecule has 2 N–H and O–H groups in total. The van der Waals surface area contributed by atoms with Crippen LogP contribution >= 0.6 is 0 Å². The minimum Gasteiger partial charge on any atom is -0.352 e. The van der Waals surface area contributed by atoms with Crippen LogP contribution in [0.4, 0.5) is 5.95 Å². The lowest BCUT2D eigenvalue weighted by atomic mass is 9.96. The molecule has 6 heterocycles. The zero-order valence-electron chi connectivity index (χ0n) is 23.6. The minimum absolute atomic E-state index is 0.124. The van der Waals surface area contributed by atoms with E-state index in [1.807, 2.05) is 28.7 Å². The van der Waals surface area contributed by atoms with Gasteiger partial charge in [0.25, 0.3) is 5.91 Å². The van der Waals surface area contributed by atoms with Crippen molar-refractivity contribution in [2.75, 3.05) is 57.8 Å². The quantitative estimate of drug-likeness (QED) is 0.400. The number of imidazole rings is 1. The summed E-state index contributed by atoms with van der Waals surface area (Å²) in [5.41, 5.74) is 2.54. The van der Waals surface area contributed by atoms with Gasteiger partial charge in [-0.15, -0.1) is 0 Å². The van der Waals surface area contributed by atoms with E-state index in [0.717, 1.165) is 63.1 Å². The molecule has 1 amide bonds. The summed E-state index contributed by atoms with van der Waals surface area (Å²) in [5.74, 6) is 1.94. The van der Waals surface area contributed by atoms with E-state index < -0.39 is 0 Å². The van der Waals surface area contributed by atoms with E-state index in [9.17, 15) is 9.59 Å². The van der Waals surface area contributed by atoms with Crippen molar-refractivity contribution in [3.05, 3.63) is 46.2 Å². The van der Waals surface area contributed by atoms with Crippen LogP contribution in [-0.4, -0.2) is 94.0 Å². The molecule has 4 aromatic rings. The molecule has 3 aliphatic rings. The third kappa shape index (κ3) is 4.25. The second-order valence-corrected chi connectivity index (χ2v) is 12.4. The first-order valence-electron chi connectivity index (χ1n) is 14.6. The Labute approximate surface area is 233 Å². The molecule has 0 unspecified atom stereocenters. The zero-order valence-corrected chi connectivity index (χ0v) is 23.6. The number of pyridine rings is 1. The molecule has 2 atom stereocenters. The zero-order chi connectivity index (χ0) is 27.5. The fraction of sp³-hybridized carbons (Fsp3) is 0.533. The van der Waals surface area contributed by atoms with Crippen LogP contribution in [-0.2, 0) is 0 Å². The van der Waals surface area contributed by atoms with Crippen LogP contribution in [0.25, 0.3) is 27.7 Å². The molecule has 40 heavy (non-hydrogen) atoms. The lowest BCUT2D eigenvalue weighted by molar-refractivity contribution is 0.0930. The summed E-state index contributed by atoms with van der Waals surface area (Å²) in [4.78, 5) is 47.6. The number of carbonyl (C=O) groups excluding carboxylic acids is 1. The van der Waals surface area contributed by atoms with Gasteiger partial charge < -0.3 is 25.0 Å². The first kappa shape index (κ1) is 25.5. The summed E-state index contributed by atoms with van der Waals surface area (Å²) >= 11 is 0. The average molecular weight is 543 g/mol. The molecule has 210 valence electrons. The fourth-order valence-electron chi connectivity index (χ4n) is 7.16. The molecule has 1 aromatic carbocycles. The molecule has 7 rings (SSSR count). The molecule has 3 aliphatic heterocycles. The number of H-pyrrole nitrogens is 1. The van der Waals surface area contributed by atoms with Gasteiger partial charge in [-0.25, -0.2) is 4.98 Å².